The quantitative estimate of drug-likeness (QED) is 0.649. The lowest BCUT2D eigenvalue weighted by molar-refractivity contribution is 0.0944. The van der Waals surface area contributed by atoms with Crippen molar-refractivity contribution in [3.05, 3.63) is 18.2 Å². The number of amides is 1. The summed E-state index contributed by atoms with van der Waals surface area (Å²) >= 11 is 0. The van der Waals surface area contributed by atoms with Crippen molar-refractivity contribution in [1.29, 1.82) is 0 Å². The Kier molecular flexibility index (Phi) is 4.12. The van der Waals surface area contributed by atoms with E-state index < -0.39 is 0 Å². The van der Waals surface area contributed by atoms with Gasteiger partial charge in [-0.05, 0) is 12.8 Å². The van der Waals surface area contributed by atoms with Gasteiger partial charge in [-0.2, -0.15) is 0 Å². The van der Waals surface area contributed by atoms with Gasteiger partial charge >= 0.3 is 0 Å². The molecule has 5 nitrogen and oxygen atoms in total. The number of aliphatic hydroxyl groups is 1. The third-order valence-electron chi connectivity index (χ3n) is 1.92. The van der Waals surface area contributed by atoms with Gasteiger partial charge in [0.05, 0.1) is 12.5 Å². The average molecular weight is 197 g/mol. The zero-order valence-corrected chi connectivity index (χ0v) is 8.23. The number of nitrogens with one attached hydrogen (secondary N) is 1. The van der Waals surface area contributed by atoms with Crippen molar-refractivity contribution in [3.8, 4) is 0 Å². The molecule has 0 radical (unpaired) electrons. The summed E-state index contributed by atoms with van der Waals surface area (Å²) in [6.07, 6.45) is 4.62. The minimum absolute atomic E-state index is 0.122. The fourth-order valence-corrected chi connectivity index (χ4v) is 1.11. The van der Waals surface area contributed by atoms with E-state index in [1.54, 1.807) is 17.9 Å². The lowest BCUT2D eigenvalue weighted by atomic mass is 10.3. The summed E-state index contributed by atoms with van der Waals surface area (Å²) in [6, 6.07) is 0. The molecule has 0 saturated carbocycles. The molecule has 0 spiro atoms. The summed E-state index contributed by atoms with van der Waals surface area (Å²) in [4.78, 5) is 15.3. The van der Waals surface area contributed by atoms with Gasteiger partial charge < -0.3 is 15.0 Å². The maximum atomic E-state index is 11.5. The van der Waals surface area contributed by atoms with Crippen molar-refractivity contribution in [2.24, 2.45) is 7.05 Å². The van der Waals surface area contributed by atoms with E-state index in [1.165, 1.54) is 6.20 Å². The van der Waals surface area contributed by atoms with E-state index in [0.29, 0.717) is 18.7 Å². The van der Waals surface area contributed by atoms with E-state index in [2.05, 4.69) is 10.3 Å². The highest BCUT2D eigenvalue weighted by atomic mass is 16.2. The average Bonchev–Trinajstić information content (AvgIpc) is 2.59. The van der Waals surface area contributed by atoms with Crippen molar-refractivity contribution >= 4 is 5.91 Å². The number of carbonyl (C=O) groups excluding carboxylic acids is 1. The molecule has 1 aromatic heterocycles. The van der Waals surface area contributed by atoms with Gasteiger partial charge in [0, 0.05) is 20.2 Å². The Morgan fingerprint density at radius 3 is 3.00 bits per heavy atom. The van der Waals surface area contributed by atoms with E-state index in [1.807, 2.05) is 0 Å². The third kappa shape index (κ3) is 2.85. The SMILES string of the molecule is Cn1cncc1C(=O)NCCCCO. The molecule has 1 amide bonds. The van der Waals surface area contributed by atoms with Gasteiger partial charge in [0.1, 0.15) is 5.69 Å². The minimum Gasteiger partial charge on any atom is -0.396 e. The van der Waals surface area contributed by atoms with Crippen LogP contribution in [0.2, 0.25) is 0 Å². The topological polar surface area (TPSA) is 67.2 Å². The fourth-order valence-electron chi connectivity index (χ4n) is 1.11. The van der Waals surface area contributed by atoms with E-state index in [-0.39, 0.29) is 12.5 Å². The Hall–Kier alpha value is -1.36. The molecule has 1 aromatic rings. The van der Waals surface area contributed by atoms with Crippen LogP contribution in [0.5, 0.6) is 0 Å². The Bertz CT molecular complexity index is 296. The van der Waals surface area contributed by atoms with Crippen molar-refractivity contribution in [2.75, 3.05) is 13.2 Å². The Morgan fingerprint density at radius 1 is 1.64 bits per heavy atom. The monoisotopic (exact) mass is 197 g/mol. The highest BCUT2D eigenvalue weighted by Crippen LogP contribution is 1.95. The first-order chi connectivity index (χ1) is 6.75. The van der Waals surface area contributed by atoms with Crippen LogP contribution in [-0.4, -0.2) is 33.7 Å². The van der Waals surface area contributed by atoms with Crippen LogP contribution in [0.15, 0.2) is 12.5 Å². The van der Waals surface area contributed by atoms with Crippen LogP contribution in [-0.2, 0) is 7.05 Å². The number of hydrogen-bond acceptors (Lipinski definition) is 3. The van der Waals surface area contributed by atoms with Gasteiger partial charge in [0.25, 0.3) is 5.91 Å². The minimum atomic E-state index is -0.122. The Morgan fingerprint density at radius 2 is 2.43 bits per heavy atom. The van der Waals surface area contributed by atoms with Crippen molar-refractivity contribution in [3.63, 3.8) is 0 Å². The summed E-state index contributed by atoms with van der Waals surface area (Å²) in [5.41, 5.74) is 0.550. The molecule has 0 bridgehead atoms. The summed E-state index contributed by atoms with van der Waals surface area (Å²) in [5, 5.41) is 11.3. The fraction of sp³-hybridized carbons (Fsp3) is 0.556. The number of aliphatic hydroxyl groups excluding tert-OH is 1. The molecule has 0 fully saturated rings. The Labute approximate surface area is 82.8 Å². The second-order valence-electron chi connectivity index (χ2n) is 3.08. The standard InChI is InChI=1S/C9H15N3O2/c1-12-7-10-6-8(12)9(14)11-4-2-3-5-13/h6-7,13H,2-5H2,1H3,(H,11,14). The van der Waals surface area contributed by atoms with Crippen molar-refractivity contribution in [1.82, 2.24) is 14.9 Å². The summed E-state index contributed by atoms with van der Waals surface area (Å²) < 4.78 is 1.67. The second kappa shape index (κ2) is 5.39. The molecule has 0 aliphatic carbocycles. The van der Waals surface area contributed by atoms with Gasteiger partial charge in [-0.3, -0.25) is 4.79 Å². The molecular formula is C9H15N3O2. The van der Waals surface area contributed by atoms with Gasteiger partial charge in [0.2, 0.25) is 0 Å². The molecule has 2 N–H and O–H groups in total. The third-order valence-corrected chi connectivity index (χ3v) is 1.92. The first kappa shape index (κ1) is 10.7. The molecule has 14 heavy (non-hydrogen) atoms. The predicted octanol–water partition coefficient (Wildman–Crippen LogP) is -0.0776. The lowest BCUT2D eigenvalue weighted by Crippen LogP contribution is -2.26. The molecule has 0 unspecified atom stereocenters. The van der Waals surface area contributed by atoms with Gasteiger partial charge in [0.15, 0.2) is 0 Å². The smallest absolute Gasteiger partial charge is 0.269 e. The zero-order chi connectivity index (χ0) is 10.4. The van der Waals surface area contributed by atoms with E-state index >= 15 is 0 Å². The molecule has 78 valence electrons. The van der Waals surface area contributed by atoms with Crippen LogP contribution in [0.4, 0.5) is 0 Å². The van der Waals surface area contributed by atoms with Gasteiger partial charge in [-0.1, -0.05) is 0 Å². The zero-order valence-electron chi connectivity index (χ0n) is 8.23. The number of carbonyl (C=O) groups is 1. The van der Waals surface area contributed by atoms with E-state index in [0.717, 1.165) is 6.42 Å². The molecule has 0 aliphatic heterocycles. The first-order valence-corrected chi connectivity index (χ1v) is 4.61. The van der Waals surface area contributed by atoms with E-state index in [9.17, 15) is 4.79 Å². The van der Waals surface area contributed by atoms with Crippen molar-refractivity contribution in [2.45, 2.75) is 12.8 Å². The van der Waals surface area contributed by atoms with Gasteiger partial charge in [-0.15, -0.1) is 0 Å². The maximum absolute atomic E-state index is 11.5. The summed E-state index contributed by atoms with van der Waals surface area (Å²) in [6.45, 7) is 0.756. The molecule has 0 aromatic carbocycles. The van der Waals surface area contributed by atoms with E-state index in [4.69, 9.17) is 5.11 Å². The molecule has 5 heteroatoms. The summed E-state index contributed by atoms with van der Waals surface area (Å²) in [7, 11) is 1.77. The van der Waals surface area contributed by atoms with Crippen molar-refractivity contribution < 1.29 is 9.90 Å². The van der Waals surface area contributed by atoms with Crippen LogP contribution >= 0.6 is 0 Å². The molecule has 0 saturated heterocycles. The highest BCUT2D eigenvalue weighted by molar-refractivity contribution is 5.92. The second-order valence-corrected chi connectivity index (χ2v) is 3.08. The lowest BCUT2D eigenvalue weighted by Gasteiger charge is -2.04. The number of nitrogens with zero attached hydrogens (tertiary/aromatic N) is 2. The van der Waals surface area contributed by atoms with Crippen LogP contribution < -0.4 is 5.32 Å². The number of imidazole rings is 1. The number of hydrogen-bond donors (Lipinski definition) is 2. The largest absolute Gasteiger partial charge is 0.396 e. The van der Waals surface area contributed by atoms with Gasteiger partial charge in [-0.25, -0.2) is 4.98 Å². The number of unbranched alkanes of at least 4 members (excludes halogenated alkanes) is 1. The number of aryl methyl sites for hydroxylation is 1. The van der Waals surface area contributed by atoms with Crippen LogP contribution in [0.3, 0.4) is 0 Å². The van der Waals surface area contributed by atoms with Crippen LogP contribution in [0.1, 0.15) is 23.3 Å². The Balaban J connectivity index is 2.32. The summed E-state index contributed by atoms with van der Waals surface area (Å²) in [5.74, 6) is -0.122. The number of aromatic nitrogens is 2. The normalized spacial score (nSPS) is 10.1. The number of rotatable bonds is 5. The maximum Gasteiger partial charge on any atom is 0.269 e. The molecular weight excluding hydrogens is 182 g/mol. The van der Waals surface area contributed by atoms with Crippen LogP contribution in [0, 0.1) is 0 Å². The van der Waals surface area contributed by atoms with Crippen LogP contribution in [0.25, 0.3) is 0 Å². The first-order valence-electron chi connectivity index (χ1n) is 4.61. The molecule has 0 aliphatic rings. The molecule has 0 atom stereocenters. The molecule has 1 rings (SSSR count). The molecule has 1 heterocycles. The predicted molar refractivity (Wildman–Crippen MR) is 51.9 cm³/mol. The highest BCUT2D eigenvalue weighted by Gasteiger charge is 2.07.